The van der Waals surface area contributed by atoms with E-state index in [-0.39, 0.29) is 11.8 Å². The summed E-state index contributed by atoms with van der Waals surface area (Å²) >= 11 is 0. The number of nitrogens with two attached hydrogens (primary N) is 2. The van der Waals surface area contributed by atoms with Gasteiger partial charge in [0.15, 0.2) is 0 Å². The lowest BCUT2D eigenvalue weighted by atomic mass is 9.89. The van der Waals surface area contributed by atoms with Gasteiger partial charge in [-0.1, -0.05) is 0 Å². The molecule has 0 bridgehead atoms. The molecule has 4 N–H and O–H groups in total. The van der Waals surface area contributed by atoms with Crippen LogP contribution in [0.15, 0.2) is 0 Å². The quantitative estimate of drug-likeness (QED) is 0.624. The molecule has 1 heterocycles. The Kier molecular flexibility index (Phi) is 5.10. The lowest BCUT2D eigenvalue weighted by Crippen LogP contribution is -2.45. The van der Waals surface area contributed by atoms with Gasteiger partial charge in [-0.3, -0.25) is 9.59 Å². The fourth-order valence-electron chi connectivity index (χ4n) is 2.16. The fraction of sp³-hybridized carbons (Fsp3) is 0.833. The van der Waals surface area contributed by atoms with Crippen molar-refractivity contribution in [2.24, 2.45) is 16.9 Å². The molecule has 2 unspecified atom stereocenters. The van der Waals surface area contributed by atoms with Gasteiger partial charge in [-0.05, 0) is 26.2 Å². The molecule has 0 spiro atoms. The van der Waals surface area contributed by atoms with Crippen LogP contribution in [0.4, 0.5) is 0 Å². The van der Waals surface area contributed by atoms with E-state index < -0.39 is 11.5 Å². The number of carbonyl (C=O) groups is 2. The van der Waals surface area contributed by atoms with Gasteiger partial charge in [0.2, 0.25) is 11.8 Å². The van der Waals surface area contributed by atoms with Crippen LogP contribution in [0.5, 0.6) is 0 Å². The van der Waals surface area contributed by atoms with Crippen molar-refractivity contribution in [3.63, 3.8) is 0 Å². The molecule has 1 aliphatic heterocycles. The van der Waals surface area contributed by atoms with E-state index in [2.05, 4.69) is 0 Å². The van der Waals surface area contributed by atoms with Crippen LogP contribution in [0, 0.1) is 5.41 Å². The molecular formula is C12H23N3O3. The first-order valence-electron chi connectivity index (χ1n) is 6.24. The molecule has 1 saturated heterocycles. The summed E-state index contributed by atoms with van der Waals surface area (Å²) < 4.78 is 4.92. The zero-order valence-corrected chi connectivity index (χ0v) is 11.1. The smallest absolute Gasteiger partial charge is 0.239 e. The molecular weight excluding hydrogens is 234 g/mol. The third kappa shape index (κ3) is 3.43. The largest absolute Gasteiger partial charge is 0.385 e. The third-order valence-electron chi connectivity index (χ3n) is 3.56. The highest BCUT2D eigenvalue weighted by Gasteiger charge is 2.41. The summed E-state index contributed by atoms with van der Waals surface area (Å²) in [7, 11) is 1.62. The van der Waals surface area contributed by atoms with Gasteiger partial charge in [-0.15, -0.1) is 0 Å². The van der Waals surface area contributed by atoms with Crippen LogP contribution < -0.4 is 11.5 Å². The number of nitrogens with zero attached hydrogens (tertiary/aromatic N) is 1. The number of carbonyl (C=O) groups excluding carboxylic acids is 2. The van der Waals surface area contributed by atoms with Gasteiger partial charge in [0.05, 0.1) is 11.5 Å². The van der Waals surface area contributed by atoms with Crippen molar-refractivity contribution in [3.8, 4) is 0 Å². The number of methoxy groups -OCH3 is 1. The van der Waals surface area contributed by atoms with E-state index in [1.165, 1.54) is 0 Å². The zero-order chi connectivity index (χ0) is 13.8. The first-order valence-corrected chi connectivity index (χ1v) is 6.24. The summed E-state index contributed by atoms with van der Waals surface area (Å²) in [4.78, 5) is 25.0. The second kappa shape index (κ2) is 6.15. The minimum atomic E-state index is -0.609. The molecule has 104 valence electrons. The Hall–Kier alpha value is -1.14. The molecule has 0 radical (unpaired) electrons. The molecule has 1 aliphatic rings. The van der Waals surface area contributed by atoms with Crippen molar-refractivity contribution in [2.45, 2.75) is 32.2 Å². The first-order chi connectivity index (χ1) is 8.40. The van der Waals surface area contributed by atoms with Crippen LogP contribution in [-0.4, -0.2) is 49.6 Å². The van der Waals surface area contributed by atoms with Crippen molar-refractivity contribution in [1.82, 2.24) is 4.90 Å². The van der Waals surface area contributed by atoms with Crippen molar-refractivity contribution in [1.29, 1.82) is 0 Å². The molecule has 0 aromatic carbocycles. The van der Waals surface area contributed by atoms with Crippen LogP contribution in [0.25, 0.3) is 0 Å². The summed E-state index contributed by atoms with van der Waals surface area (Å²) in [6.45, 7) is 3.31. The number of amides is 2. The molecule has 18 heavy (non-hydrogen) atoms. The molecule has 6 heteroatoms. The van der Waals surface area contributed by atoms with Crippen LogP contribution >= 0.6 is 0 Å². The van der Waals surface area contributed by atoms with Gasteiger partial charge in [-0.25, -0.2) is 0 Å². The van der Waals surface area contributed by atoms with Gasteiger partial charge in [-0.2, -0.15) is 0 Å². The van der Waals surface area contributed by atoms with E-state index in [0.717, 1.165) is 6.42 Å². The van der Waals surface area contributed by atoms with Crippen LogP contribution in [-0.2, 0) is 14.3 Å². The van der Waals surface area contributed by atoms with E-state index >= 15 is 0 Å². The van der Waals surface area contributed by atoms with Crippen LogP contribution in [0.3, 0.4) is 0 Å². The molecule has 6 nitrogen and oxygen atoms in total. The van der Waals surface area contributed by atoms with Crippen molar-refractivity contribution in [3.05, 3.63) is 0 Å². The Morgan fingerprint density at radius 2 is 2.17 bits per heavy atom. The highest BCUT2D eigenvalue weighted by atomic mass is 16.5. The van der Waals surface area contributed by atoms with E-state index in [4.69, 9.17) is 16.2 Å². The predicted octanol–water partition coefficient (Wildman–Crippen LogP) is -0.536. The molecule has 1 rings (SSSR count). The predicted molar refractivity (Wildman–Crippen MR) is 67.6 cm³/mol. The van der Waals surface area contributed by atoms with Gasteiger partial charge in [0, 0.05) is 26.8 Å². The summed E-state index contributed by atoms with van der Waals surface area (Å²) in [5.41, 5.74) is 10.6. The highest BCUT2D eigenvalue weighted by molar-refractivity contribution is 5.85. The SMILES string of the molecule is COCCCC(N)C(=O)N1CCC(C)(C(N)=O)C1. The first kappa shape index (κ1) is 14.9. The van der Waals surface area contributed by atoms with Crippen LogP contribution in [0.1, 0.15) is 26.2 Å². The van der Waals surface area contributed by atoms with E-state index in [0.29, 0.717) is 32.5 Å². The number of hydrogen-bond acceptors (Lipinski definition) is 4. The lowest BCUT2D eigenvalue weighted by molar-refractivity contribution is -0.133. The Balaban J connectivity index is 2.46. The minimum absolute atomic E-state index is 0.101. The summed E-state index contributed by atoms with van der Waals surface area (Å²) in [6.07, 6.45) is 1.96. The van der Waals surface area contributed by atoms with Crippen molar-refractivity contribution < 1.29 is 14.3 Å². The Morgan fingerprint density at radius 1 is 1.50 bits per heavy atom. The van der Waals surface area contributed by atoms with Gasteiger partial charge in [0.1, 0.15) is 0 Å². The fourth-order valence-corrected chi connectivity index (χ4v) is 2.16. The summed E-state index contributed by atoms with van der Waals surface area (Å²) in [5.74, 6) is -0.457. The molecule has 0 aromatic heterocycles. The monoisotopic (exact) mass is 257 g/mol. The molecule has 0 saturated carbocycles. The highest BCUT2D eigenvalue weighted by Crippen LogP contribution is 2.29. The second-order valence-electron chi connectivity index (χ2n) is 5.18. The van der Waals surface area contributed by atoms with Crippen molar-refractivity contribution in [2.75, 3.05) is 26.8 Å². The zero-order valence-electron chi connectivity index (χ0n) is 11.1. The average molecular weight is 257 g/mol. The number of primary amides is 1. The number of ether oxygens (including phenoxy) is 1. The van der Waals surface area contributed by atoms with Crippen molar-refractivity contribution >= 4 is 11.8 Å². The van der Waals surface area contributed by atoms with Crippen LogP contribution in [0.2, 0.25) is 0 Å². The lowest BCUT2D eigenvalue weighted by Gasteiger charge is -2.23. The summed E-state index contributed by atoms with van der Waals surface area (Å²) in [5, 5.41) is 0. The maximum absolute atomic E-state index is 12.1. The Morgan fingerprint density at radius 3 is 2.67 bits per heavy atom. The number of likely N-dealkylation sites (tertiary alicyclic amines) is 1. The Bertz CT molecular complexity index is 322. The maximum Gasteiger partial charge on any atom is 0.239 e. The molecule has 2 atom stereocenters. The molecule has 2 amide bonds. The van der Waals surface area contributed by atoms with Gasteiger partial charge < -0.3 is 21.1 Å². The van der Waals surface area contributed by atoms with E-state index in [1.807, 2.05) is 0 Å². The topological polar surface area (TPSA) is 98.7 Å². The molecule has 0 aliphatic carbocycles. The average Bonchev–Trinajstić information content (AvgIpc) is 2.72. The van der Waals surface area contributed by atoms with E-state index in [1.54, 1.807) is 18.9 Å². The third-order valence-corrected chi connectivity index (χ3v) is 3.56. The summed E-state index contributed by atoms with van der Waals surface area (Å²) in [6, 6.07) is -0.518. The standard InChI is InChI=1S/C12H23N3O3/c1-12(11(14)17)5-6-15(8-12)10(16)9(13)4-3-7-18-2/h9H,3-8,13H2,1-2H3,(H2,14,17). The number of hydrogen-bond donors (Lipinski definition) is 2. The minimum Gasteiger partial charge on any atom is -0.385 e. The second-order valence-corrected chi connectivity index (χ2v) is 5.18. The number of rotatable bonds is 6. The van der Waals surface area contributed by atoms with Gasteiger partial charge >= 0.3 is 0 Å². The van der Waals surface area contributed by atoms with E-state index in [9.17, 15) is 9.59 Å². The maximum atomic E-state index is 12.1. The van der Waals surface area contributed by atoms with Gasteiger partial charge in [0.25, 0.3) is 0 Å². The normalized spacial score (nSPS) is 25.2. The molecule has 0 aromatic rings. The Labute approximate surface area is 108 Å². The molecule has 1 fully saturated rings.